The van der Waals surface area contributed by atoms with Gasteiger partial charge in [-0.15, -0.1) is 11.6 Å². The highest BCUT2D eigenvalue weighted by atomic mass is 35.5. The molecule has 1 aliphatic rings. The quantitative estimate of drug-likeness (QED) is 0.831. The van der Waals surface area contributed by atoms with E-state index in [4.69, 9.17) is 16.3 Å². The van der Waals surface area contributed by atoms with E-state index in [-0.39, 0.29) is 6.10 Å². The molecule has 17 heavy (non-hydrogen) atoms. The Bertz CT molecular complexity index is 333. The van der Waals surface area contributed by atoms with E-state index in [2.05, 4.69) is 12.2 Å². The molecule has 0 radical (unpaired) electrons. The van der Waals surface area contributed by atoms with Crippen molar-refractivity contribution in [3.8, 4) is 5.75 Å². The Balaban J connectivity index is 1.89. The molecule has 2 atom stereocenters. The number of nitrogens with one attached hydrogen (secondary N) is 1. The fourth-order valence-corrected chi connectivity index (χ4v) is 2.41. The van der Waals surface area contributed by atoms with Crippen molar-refractivity contribution in [2.24, 2.45) is 0 Å². The van der Waals surface area contributed by atoms with E-state index < -0.39 is 0 Å². The van der Waals surface area contributed by atoms with Crippen molar-refractivity contribution in [3.63, 3.8) is 0 Å². The summed E-state index contributed by atoms with van der Waals surface area (Å²) in [4.78, 5) is 0. The summed E-state index contributed by atoms with van der Waals surface area (Å²) in [6, 6.07) is 8.51. The predicted molar refractivity (Wildman–Crippen MR) is 71.7 cm³/mol. The zero-order valence-corrected chi connectivity index (χ0v) is 11.0. The molecule has 1 aromatic carbocycles. The topological polar surface area (TPSA) is 21.3 Å². The highest BCUT2D eigenvalue weighted by molar-refractivity contribution is 6.17. The summed E-state index contributed by atoms with van der Waals surface area (Å²) in [5.41, 5.74) is 1.13. The Morgan fingerprint density at radius 2 is 2.12 bits per heavy atom. The third kappa shape index (κ3) is 3.62. The van der Waals surface area contributed by atoms with Gasteiger partial charge in [0, 0.05) is 11.9 Å². The summed E-state index contributed by atoms with van der Waals surface area (Å²) in [5.74, 6) is 1.48. The zero-order chi connectivity index (χ0) is 12.1. The van der Waals surface area contributed by atoms with Crippen LogP contribution in [0.5, 0.6) is 5.75 Å². The fraction of sp³-hybridized carbons (Fsp3) is 0.571. The predicted octanol–water partition coefficient (Wildman–Crippen LogP) is 3.33. The molecule has 0 bridgehead atoms. The first kappa shape index (κ1) is 12.7. The number of halogens is 1. The number of benzene rings is 1. The van der Waals surface area contributed by atoms with Crippen LogP contribution in [0.3, 0.4) is 0 Å². The van der Waals surface area contributed by atoms with E-state index >= 15 is 0 Å². The van der Waals surface area contributed by atoms with Gasteiger partial charge < -0.3 is 10.1 Å². The molecule has 0 aromatic heterocycles. The SMILES string of the molecule is CC(Oc1ccc(CCl)cc1)C1CCCCN1. The van der Waals surface area contributed by atoms with Crippen molar-refractivity contribution >= 4 is 11.6 Å². The van der Waals surface area contributed by atoms with Crippen LogP contribution in [-0.2, 0) is 5.88 Å². The monoisotopic (exact) mass is 253 g/mol. The number of alkyl halides is 1. The van der Waals surface area contributed by atoms with Gasteiger partial charge in [-0.1, -0.05) is 18.6 Å². The second-order valence-electron chi connectivity index (χ2n) is 4.66. The van der Waals surface area contributed by atoms with Crippen LogP contribution in [0.2, 0.25) is 0 Å². The van der Waals surface area contributed by atoms with Crippen LogP contribution in [0.25, 0.3) is 0 Å². The number of piperidine rings is 1. The molecule has 1 N–H and O–H groups in total. The Morgan fingerprint density at radius 1 is 1.35 bits per heavy atom. The Labute approximate surface area is 108 Å². The van der Waals surface area contributed by atoms with Crippen molar-refractivity contribution in [2.75, 3.05) is 6.54 Å². The fourth-order valence-electron chi connectivity index (χ4n) is 2.23. The average Bonchev–Trinajstić information content (AvgIpc) is 2.40. The minimum Gasteiger partial charge on any atom is -0.489 e. The van der Waals surface area contributed by atoms with Crippen molar-refractivity contribution in [1.29, 1.82) is 0 Å². The van der Waals surface area contributed by atoms with E-state index in [1.165, 1.54) is 19.3 Å². The number of hydrogen-bond donors (Lipinski definition) is 1. The maximum Gasteiger partial charge on any atom is 0.119 e. The van der Waals surface area contributed by atoms with E-state index in [0.29, 0.717) is 11.9 Å². The first-order valence-corrected chi connectivity index (χ1v) is 6.88. The molecule has 0 aliphatic carbocycles. The summed E-state index contributed by atoms with van der Waals surface area (Å²) >= 11 is 5.76. The van der Waals surface area contributed by atoms with Crippen LogP contribution < -0.4 is 10.1 Å². The van der Waals surface area contributed by atoms with E-state index in [1.54, 1.807) is 0 Å². The van der Waals surface area contributed by atoms with Crippen LogP contribution >= 0.6 is 11.6 Å². The zero-order valence-electron chi connectivity index (χ0n) is 10.3. The van der Waals surface area contributed by atoms with Gasteiger partial charge in [0.25, 0.3) is 0 Å². The number of rotatable bonds is 4. The molecule has 2 rings (SSSR count). The van der Waals surface area contributed by atoms with Crippen molar-refractivity contribution in [3.05, 3.63) is 29.8 Å². The first-order chi connectivity index (χ1) is 8.29. The molecule has 1 fully saturated rings. The number of ether oxygens (including phenoxy) is 1. The van der Waals surface area contributed by atoms with Crippen LogP contribution in [0.4, 0.5) is 0 Å². The molecule has 3 heteroatoms. The van der Waals surface area contributed by atoms with E-state index in [0.717, 1.165) is 17.9 Å². The third-order valence-electron chi connectivity index (χ3n) is 3.31. The molecular formula is C14H20ClNO. The largest absolute Gasteiger partial charge is 0.489 e. The Morgan fingerprint density at radius 3 is 2.71 bits per heavy atom. The van der Waals surface area contributed by atoms with Gasteiger partial charge in [-0.2, -0.15) is 0 Å². The molecule has 1 aromatic rings. The highest BCUT2D eigenvalue weighted by Gasteiger charge is 2.20. The molecule has 94 valence electrons. The molecule has 0 amide bonds. The summed E-state index contributed by atoms with van der Waals surface area (Å²) in [6.07, 6.45) is 4.02. The standard InChI is InChI=1S/C14H20ClNO/c1-11(14-4-2-3-9-16-14)17-13-7-5-12(10-15)6-8-13/h5-8,11,14,16H,2-4,9-10H2,1H3. The second kappa shape index (κ2) is 6.27. The van der Waals surface area contributed by atoms with Crippen molar-refractivity contribution in [2.45, 2.75) is 44.2 Å². The molecular weight excluding hydrogens is 234 g/mol. The molecule has 2 unspecified atom stereocenters. The highest BCUT2D eigenvalue weighted by Crippen LogP contribution is 2.18. The molecule has 1 saturated heterocycles. The maximum absolute atomic E-state index is 5.95. The molecule has 1 aliphatic heterocycles. The van der Waals surface area contributed by atoms with Gasteiger partial charge in [-0.05, 0) is 44.0 Å². The van der Waals surface area contributed by atoms with Crippen LogP contribution in [0.1, 0.15) is 31.7 Å². The summed E-state index contributed by atoms with van der Waals surface area (Å²) in [7, 11) is 0. The van der Waals surface area contributed by atoms with Gasteiger partial charge in [0.05, 0.1) is 0 Å². The van der Waals surface area contributed by atoms with E-state index in [9.17, 15) is 0 Å². The van der Waals surface area contributed by atoms with Crippen LogP contribution in [0.15, 0.2) is 24.3 Å². The lowest BCUT2D eigenvalue weighted by Crippen LogP contribution is -2.44. The number of hydrogen-bond acceptors (Lipinski definition) is 2. The van der Waals surface area contributed by atoms with Gasteiger partial charge in [-0.25, -0.2) is 0 Å². The molecule has 2 nitrogen and oxygen atoms in total. The lowest BCUT2D eigenvalue weighted by atomic mass is 10.0. The minimum atomic E-state index is 0.220. The summed E-state index contributed by atoms with van der Waals surface area (Å²) in [6.45, 7) is 3.25. The normalized spacial score (nSPS) is 22.1. The first-order valence-electron chi connectivity index (χ1n) is 6.34. The summed E-state index contributed by atoms with van der Waals surface area (Å²) in [5, 5.41) is 3.52. The van der Waals surface area contributed by atoms with Gasteiger partial charge in [0.15, 0.2) is 0 Å². The van der Waals surface area contributed by atoms with Gasteiger partial charge >= 0.3 is 0 Å². The average molecular weight is 254 g/mol. The smallest absolute Gasteiger partial charge is 0.119 e. The van der Waals surface area contributed by atoms with Crippen molar-refractivity contribution in [1.82, 2.24) is 5.32 Å². The van der Waals surface area contributed by atoms with Crippen LogP contribution in [0, 0.1) is 0 Å². The van der Waals surface area contributed by atoms with Gasteiger partial charge in [0.2, 0.25) is 0 Å². The third-order valence-corrected chi connectivity index (χ3v) is 3.62. The maximum atomic E-state index is 5.95. The lowest BCUT2D eigenvalue weighted by molar-refractivity contribution is 0.152. The van der Waals surface area contributed by atoms with Gasteiger partial charge in [0.1, 0.15) is 11.9 Å². The lowest BCUT2D eigenvalue weighted by Gasteiger charge is -2.29. The van der Waals surface area contributed by atoms with E-state index in [1.807, 2.05) is 24.3 Å². The molecule has 0 saturated carbocycles. The Kier molecular flexibility index (Phi) is 4.69. The molecule has 1 heterocycles. The Hall–Kier alpha value is -0.730. The minimum absolute atomic E-state index is 0.220. The summed E-state index contributed by atoms with van der Waals surface area (Å²) < 4.78 is 5.95. The van der Waals surface area contributed by atoms with Gasteiger partial charge in [-0.3, -0.25) is 0 Å². The second-order valence-corrected chi connectivity index (χ2v) is 4.92. The van der Waals surface area contributed by atoms with Crippen molar-refractivity contribution < 1.29 is 4.74 Å². The molecule has 0 spiro atoms. The van der Waals surface area contributed by atoms with Crippen LogP contribution in [-0.4, -0.2) is 18.7 Å².